The molecule has 2 aromatic carbocycles. The van der Waals surface area contributed by atoms with E-state index in [2.05, 4.69) is 31.8 Å². The first kappa shape index (κ1) is 25.3. The monoisotopic (exact) mass is 525 g/mol. The largest absolute Gasteiger partial charge is 0.494 e. The molecular weight excluding hydrogens is 501 g/mol. The van der Waals surface area contributed by atoms with Crippen LogP contribution in [-0.4, -0.2) is 37.5 Å². The number of nitrogen functional groups attached to an aromatic ring is 1. The maximum atomic E-state index is 15.3. The number of carbonyl (C=O) groups is 1. The summed E-state index contributed by atoms with van der Waals surface area (Å²) < 4.78 is 27.8. The number of amides is 1. The molecule has 0 aliphatic carbocycles. The van der Waals surface area contributed by atoms with Crippen molar-refractivity contribution < 1.29 is 18.7 Å². The van der Waals surface area contributed by atoms with E-state index < -0.39 is 5.82 Å². The van der Waals surface area contributed by atoms with Gasteiger partial charge in [0.15, 0.2) is 17.3 Å². The fourth-order valence-electron chi connectivity index (χ4n) is 4.14. The maximum Gasteiger partial charge on any atom is 0.322 e. The quantitative estimate of drug-likeness (QED) is 0.280. The molecule has 0 aliphatic rings. The van der Waals surface area contributed by atoms with Crippen molar-refractivity contribution in [3.05, 3.63) is 79.2 Å². The number of nitrogens with two attached hydrogens (primary N) is 1. The average molecular weight is 526 g/mol. The molecule has 3 aromatic heterocycles. The Bertz CT molecular complexity index is 1710. The zero-order valence-corrected chi connectivity index (χ0v) is 21.4. The van der Waals surface area contributed by atoms with E-state index in [1.54, 1.807) is 25.1 Å². The van der Waals surface area contributed by atoms with E-state index in [4.69, 9.17) is 15.2 Å². The predicted molar refractivity (Wildman–Crippen MR) is 146 cm³/mol. The number of nitrogens with zero attached hydrogens (tertiary/aromatic N) is 5. The van der Waals surface area contributed by atoms with E-state index in [9.17, 15) is 4.79 Å². The van der Waals surface area contributed by atoms with Gasteiger partial charge in [-0.25, -0.2) is 14.4 Å². The van der Waals surface area contributed by atoms with Gasteiger partial charge in [-0.2, -0.15) is 9.97 Å². The first-order valence-corrected chi connectivity index (χ1v) is 11.8. The third-order valence-corrected chi connectivity index (χ3v) is 6.06. The lowest BCUT2D eigenvalue weighted by Gasteiger charge is -2.12. The number of anilines is 2. The van der Waals surface area contributed by atoms with Crippen molar-refractivity contribution in [1.82, 2.24) is 24.5 Å². The van der Waals surface area contributed by atoms with E-state index in [1.165, 1.54) is 38.0 Å². The van der Waals surface area contributed by atoms with Gasteiger partial charge in [0.1, 0.15) is 17.8 Å². The van der Waals surface area contributed by atoms with Gasteiger partial charge >= 0.3 is 6.01 Å². The van der Waals surface area contributed by atoms with Crippen LogP contribution in [0.3, 0.4) is 0 Å². The average Bonchev–Trinajstić information content (AvgIpc) is 3.24. The Morgan fingerprint density at radius 3 is 2.38 bits per heavy atom. The molecule has 0 saturated carbocycles. The van der Waals surface area contributed by atoms with Crippen LogP contribution in [0, 0.1) is 5.82 Å². The summed E-state index contributed by atoms with van der Waals surface area (Å²) >= 11 is 0. The highest BCUT2D eigenvalue weighted by Gasteiger charge is 2.23. The highest BCUT2D eigenvalue weighted by Crippen LogP contribution is 2.42. The van der Waals surface area contributed by atoms with Crippen molar-refractivity contribution in [2.75, 3.05) is 18.2 Å². The van der Waals surface area contributed by atoms with Gasteiger partial charge in [0.25, 0.3) is 5.91 Å². The molecule has 5 rings (SSSR count). The number of benzene rings is 2. The molecule has 10 nitrogen and oxygen atoms in total. The number of nitrogens with one attached hydrogen (secondary N) is 1. The molecule has 3 heterocycles. The molecule has 196 valence electrons. The first-order valence-electron chi connectivity index (χ1n) is 11.8. The maximum absolute atomic E-state index is 15.3. The fraction of sp³-hybridized carbons (Fsp3) is 0.107. The molecular formula is C28H24FN7O3. The zero-order valence-electron chi connectivity index (χ0n) is 21.4. The number of aromatic nitrogens is 5. The lowest BCUT2D eigenvalue weighted by molar-refractivity contribution is -0.112. The van der Waals surface area contributed by atoms with Crippen molar-refractivity contribution in [2.24, 2.45) is 7.05 Å². The fourth-order valence-corrected chi connectivity index (χ4v) is 4.14. The molecule has 0 saturated heterocycles. The molecule has 0 bridgehead atoms. The van der Waals surface area contributed by atoms with Crippen LogP contribution >= 0.6 is 0 Å². The van der Waals surface area contributed by atoms with E-state index in [1.807, 2.05) is 23.7 Å². The molecule has 39 heavy (non-hydrogen) atoms. The number of methoxy groups -OCH3 is 1. The summed E-state index contributed by atoms with van der Waals surface area (Å²) in [6.45, 7) is 5.29. The van der Waals surface area contributed by atoms with Gasteiger partial charge in [0.2, 0.25) is 0 Å². The Hall–Kier alpha value is -5.32. The predicted octanol–water partition coefficient (Wildman–Crippen LogP) is 5.13. The van der Waals surface area contributed by atoms with Crippen LogP contribution in [0.2, 0.25) is 0 Å². The standard InChI is InChI=1S/C28H24FN7O3/c1-15(2)27(37)35-18-8-5-16(6-9-18)24-22(23-25(30)33-14-34-26(23)36(24)3)17-7-10-21(20(29)11-17)39-28-31-12-19(38-4)13-32-28/h5-14H,1H2,2-4H3,(H,35,37)(H2,30,33,34). The van der Waals surface area contributed by atoms with E-state index >= 15 is 4.39 Å². The second-order valence-corrected chi connectivity index (χ2v) is 8.70. The topological polar surface area (TPSA) is 130 Å². The van der Waals surface area contributed by atoms with Crippen molar-refractivity contribution in [1.29, 1.82) is 0 Å². The van der Waals surface area contributed by atoms with Crippen LogP contribution in [0.4, 0.5) is 15.9 Å². The van der Waals surface area contributed by atoms with Gasteiger partial charge in [-0.05, 0) is 42.3 Å². The summed E-state index contributed by atoms with van der Waals surface area (Å²) in [4.78, 5) is 28.6. The molecule has 0 unspecified atom stereocenters. The van der Waals surface area contributed by atoms with Crippen LogP contribution in [0.1, 0.15) is 6.92 Å². The van der Waals surface area contributed by atoms with Crippen molar-refractivity contribution >= 4 is 28.4 Å². The summed E-state index contributed by atoms with van der Waals surface area (Å²) in [6.07, 6.45) is 4.23. The molecule has 5 aromatic rings. The summed E-state index contributed by atoms with van der Waals surface area (Å²) in [5.41, 5.74) is 10.6. The molecule has 0 atom stereocenters. The molecule has 0 spiro atoms. The summed E-state index contributed by atoms with van der Waals surface area (Å²) in [5.74, 6) is -0.230. The summed E-state index contributed by atoms with van der Waals surface area (Å²) in [7, 11) is 3.34. The van der Waals surface area contributed by atoms with Gasteiger partial charge < -0.3 is 25.1 Å². The Morgan fingerprint density at radius 2 is 1.74 bits per heavy atom. The van der Waals surface area contributed by atoms with Crippen molar-refractivity contribution in [2.45, 2.75) is 6.92 Å². The number of hydrogen-bond donors (Lipinski definition) is 2. The normalized spacial score (nSPS) is 10.9. The van der Waals surface area contributed by atoms with Crippen LogP contribution in [-0.2, 0) is 11.8 Å². The SMILES string of the molecule is C=C(C)C(=O)Nc1ccc(-c2c(-c3ccc(Oc4ncc(OC)cn4)c(F)c3)c3c(N)ncnc3n2C)cc1. The minimum atomic E-state index is -0.622. The Balaban J connectivity index is 1.58. The Labute approximate surface area is 223 Å². The number of hydrogen-bond acceptors (Lipinski definition) is 8. The molecule has 3 N–H and O–H groups in total. The van der Waals surface area contributed by atoms with Gasteiger partial charge in [-0.3, -0.25) is 4.79 Å². The van der Waals surface area contributed by atoms with E-state index in [0.29, 0.717) is 39.2 Å². The Morgan fingerprint density at radius 1 is 1.05 bits per heavy atom. The summed E-state index contributed by atoms with van der Waals surface area (Å²) in [5, 5.41) is 3.37. The minimum Gasteiger partial charge on any atom is -0.494 e. The number of rotatable bonds is 7. The highest BCUT2D eigenvalue weighted by atomic mass is 19.1. The zero-order chi connectivity index (χ0) is 27.7. The van der Waals surface area contributed by atoms with Gasteiger partial charge in [-0.1, -0.05) is 24.8 Å². The lowest BCUT2D eigenvalue weighted by atomic mass is 9.98. The van der Waals surface area contributed by atoms with Crippen LogP contribution < -0.4 is 20.5 Å². The second kappa shape index (κ2) is 10.2. The number of aryl methyl sites for hydroxylation is 1. The molecule has 1 amide bonds. The van der Waals surface area contributed by atoms with Gasteiger partial charge in [-0.15, -0.1) is 0 Å². The third kappa shape index (κ3) is 4.85. The van der Waals surface area contributed by atoms with E-state index in [0.717, 1.165) is 11.3 Å². The number of halogens is 1. The van der Waals surface area contributed by atoms with Gasteiger partial charge in [0.05, 0.1) is 30.6 Å². The van der Waals surface area contributed by atoms with Crippen LogP contribution in [0.5, 0.6) is 17.5 Å². The highest BCUT2D eigenvalue weighted by molar-refractivity contribution is 6.08. The van der Waals surface area contributed by atoms with Crippen molar-refractivity contribution in [3.63, 3.8) is 0 Å². The van der Waals surface area contributed by atoms with Crippen LogP contribution in [0.25, 0.3) is 33.4 Å². The summed E-state index contributed by atoms with van der Waals surface area (Å²) in [6, 6.07) is 11.8. The molecule has 11 heteroatoms. The smallest absolute Gasteiger partial charge is 0.322 e. The first-order chi connectivity index (χ1) is 18.8. The lowest BCUT2D eigenvalue weighted by Crippen LogP contribution is -2.11. The molecule has 0 aliphatic heterocycles. The Kier molecular flexibility index (Phi) is 6.63. The molecule has 0 radical (unpaired) electrons. The van der Waals surface area contributed by atoms with Gasteiger partial charge in [0, 0.05) is 23.9 Å². The second-order valence-electron chi connectivity index (χ2n) is 8.70. The third-order valence-electron chi connectivity index (χ3n) is 6.06. The molecule has 0 fully saturated rings. The minimum absolute atomic E-state index is 0.0234. The van der Waals surface area contributed by atoms with Crippen molar-refractivity contribution in [3.8, 4) is 39.9 Å². The number of ether oxygens (including phenoxy) is 2. The van der Waals surface area contributed by atoms with E-state index in [-0.39, 0.29) is 23.5 Å². The van der Waals surface area contributed by atoms with Crippen LogP contribution in [0.15, 0.2) is 73.3 Å². The number of carbonyl (C=O) groups excluding carboxylic acids is 1. The number of fused-ring (bicyclic) bond motifs is 1.